The van der Waals surface area contributed by atoms with Gasteiger partial charge in [0.1, 0.15) is 5.69 Å². The van der Waals surface area contributed by atoms with Gasteiger partial charge < -0.3 is 0 Å². The second kappa shape index (κ2) is 6.19. The molecule has 0 aliphatic heterocycles. The van der Waals surface area contributed by atoms with Crippen molar-refractivity contribution in [1.82, 2.24) is 20.2 Å². The van der Waals surface area contributed by atoms with Crippen LogP contribution in [-0.4, -0.2) is 27.8 Å². The molecule has 6 nitrogen and oxygen atoms in total. The first-order valence-corrected chi connectivity index (χ1v) is 6.68. The molecular weight excluding hydrogens is 280 g/mol. The van der Waals surface area contributed by atoms with E-state index in [1.165, 1.54) is 7.11 Å². The topological polar surface area (TPSA) is 69.0 Å². The van der Waals surface area contributed by atoms with Gasteiger partial charge in [-0.25, -0.2) is 10.2 Å². The van der Waals surface area contributed by atoms with Gasteiger partial charge in [-0.15, -0.1) is 0 Å². The highest BCUT2D eigenvalue weighted by atomic mass is 16.6. The van der Waals surface area contributed by atoms with Crippen molar-refractivity contribution in [3.05, 3.63) is 66.6 Å². The Labute approximate surface area is 127 Å². The highest BCUT2D eigenvalue weighted by molar-refractivity contribution is 5.99. The Bertz CT molecular complexity index is 769. The number of para-hydroxylation sites is 1. The number of pyridine rings is 1. The largest absolute Gasteiger partial charge is 0.278 e. The maximum atomic E-state index is 12.2. The summed E-state index contributed by atoms with van der Waals surface area (Å²) in [5.41, 5.74) is 4.91. The van der Waals surface area contributed by atoms with E-state index in [-0.39, 0.29) is 5.91 Å². The van der Waals surface area contributed by atoms with Crippen molar-refractivity contribution in [2.24, 2.45) is 0 Å². The van der Waals surface area contributed by atoms with Crippen molar-refractivity contribution in [2.75, 3.05) is 7.11 Å². The number of hydrogen-bond acceptors (Lipinski definition) is 4. The fourth-order valence-electron chi connectivity index (χ4n) is 2.12. The summed E-state index contributed by atoms with van der Waals surface area (Å²) < 4.78 is 1.66. The van der Waals surface area contributed by atoms with Gasteiger partial charge in [0.05, 0.1) is 18.4 Å². The number of hydroxylamine groups is 1. The second-order valence-electron chi connectivity index (χ2n) is 4.55. The van der Waals surface area contributed by atoms with Crippen LogP contribution < -0.4 is 5.48 Å². The summed E-state index contributed by atoms with van der Waals surface area (Å²) in [7, 11) is 1.39. The third-order valence-electron chi connectivity index (χ3n) is 3.11. The van der Waals surface area contributed by atoms with Crippen LogP contribution in [0.4, 0.5) is 0 Å². The molecular formula is C16H14N4O2. The molecule has 0 unspecified atom stereocenters. The van der Waals surface area contributed by atoms with E-state index in [4.69, 9.17) is 4.84 Å². The lowest BCUT2D eigenvalue weighted by Gasteiger charge is -2.01. The van der Waals surface area contributed by atoms with E-state index >= 15 is 0 Å². The van der Waals surface area contributed by atoms with Crippen LogP contribution in [0.1, 0.15) is 10.4 Å². The molecule has 6 heteroatoms. The van der Waals surface area contributed by atoms with Gasteiger partial charge in [0.2, 0.25) is 0 Å². The average Bonchev–Trinajstić information content (AvgIpc) is 3.02. The molecule has 1 aromatic carbocycles. The molecule has 0 fully saturated rings. The predicted octanol–water partition coefficient (Wildman–Crippen LogP) is 2.23. The van der Waals surface area contributed by atoms with Crippen LogP contribution in [0.2, 0.25) is 0 Å². The number of nitrogens with one attached hydrogen (secondary N) is 1. The smallest absolute Gasteiger partial charge is 0.277 e. The Balaban J connectivity index is 2.11. The Morgan fingerprint density at radius 3 is 2.68 bits per heavy atom. The normalized spacial score (nSPS) is 10.4. The van der Waals surface area contributed by atoms with Crippen LogP contribution in [-0.2, 0) is 4.84 Å². The zero-order chi connectivity index (χ0) is 15.4. The van der Waals surface area contributed by atoms with Crippen molar-refractivity contribution < 1.29 is 9.63 Å². The summed E-state index contributed by atoms with van der Waals surface area (Å²) in [6.45, 7) is 0. The van der Waals surface area contributed by atoms with Gasteiger partial charge in [-0.2, -0.15) is 5.10 Å². The van der Waals surface area contributed by atoms with Gasteiger partial charge in [0, 0.05) is 24.2 Å². The van der Waals surface area contributed by atoms with E-state index < -0.39 is 0 Å². The summed E-state index contributed by atoms with van der Waals surface area (Å²) in [5.74, 6) is -0.358. The minimum Gasteiger partial charge on any atom is -0.277 e. The van der Waals surface area contributed by atoms with Crippen molar-refractivity contribution in [3.63, 3.8) is 0 Å². The van der Waals surface area contributed by atoms with Gasteiger partial charge in [-0.3, -0.25) is 14.6 Å². The second-order valence-corrected chi connectivity index (χ2v) is 4.55. The predicted molar refractivity (Wildman–Crippen MR) is 81.3 cm³/mol. The fraction of sp³-hybridized carbons (Fsp3) is 0.0625. The van der Waals surface area contributed by atoms with Crippen molar-refractivity contribution in [2.45, 2.75) is 0 Å². The average molecular weight is 294 g/mol. The van der Waals surface area contributed by atoms with E-state index in [1.807, 2.05) is 36.4 Å². The molecule has 3 aromatic rings. The molecule has 22 heavy (non-hydrogen) atoms. The molecule has 0 saturated carbocycles. The molecule has 3 rings (SSSR count). The molecule has 0 bridgehead atoms. The lowest BCUT2D eigenvalue weighted by molar-refractivity contribution is 0.0538. The highest BCUT2D eigenvalue weighted by Crippen LogP contribution is 2.22. The number of benzene rings is 1. The highest BCUT2D eigenvalue weighted by Gasteiger charge is 2.18. The van der Waals surface area contributed by atoms with Crippen molar-refractivity contribution in [3.8, 4) is 16.9 Å². The first-order chi connectivity index (χ1) is 10.8. The standard InChI is InChI=1S/C16H14N4O2/c1-22-19-16(21)14-11-20(13-7-3-2-4-8-13)18-15(14)12-6-5-9-17-10-12/h2-11H,1H3,(H,19,21). The number of aromatic nitrogens is 3. The van der Waals surface area contributed by atoms with Crippen LogP contribution in [0, 0.1) is 0 Å². The van der Waals surface area contributed by atoms with Gasteiger partial charge >= 0.3 is 0 Å². The van der Waals surface area contributed by atoms with E-state index in [2.05, 4.69) is 15.6 Å². The Hall–Kier alpha value is -2.99. The third-order valence-corrected chi connectivity index (χ3v) is 3.11. The Kier molecular flexibility index (Phi) is 3.93. The molecule has 0 aliphatic carbocycles. The quantitative estimate of drug-likeness (QED) is 0.749. The number of rotatable bonds is 4. The number of amides is 1. The summed E-state index contributed by atoms with van der Waals surface area (Å²) in [4.78, 5) is 21.0. The molecule has 2 heterocycles. The number of carbonyl (C=O) groups excluding carboxylic acids is 1. The monoisotopic (exact) mass is 294 g/mol. The van der Waals surface area contributed by atoms with E-state index in [1.54, 1.807) is 29.3 Å². The van der Waals surface area contributed by atoms with Crippen molar-refractivity contribution in [1.29, 1.82) is 0 Å². The fourth-order valence-corrected chi connectivity index (χ4v) is 2.12. The molecule has 0 radical (unpaired) electrons. The first-order valence-electron chi connectivity index (χ1n) is 6.68. The zero-order valence-electron chi connectivity index (χ0n) is 11.9. The lowest BCUT2D eigenvalue weighted by Crippen LogP contribution is -2.21. The van der Waals surface area contributed by atoms with Crippen molar-refractivity contribution >= 4 is 5.91 Å². The summed E-state index contributed by atoms with van der Waals surface area (Å²) in [6, 6.07) is 13.2. The molecule has 0 aliphatic rings. The summed E-state index contributed by atoms with van der Waals surface area (Å²) in [6.07, 6.45) is 5.01. The minimum atomic E-state index is -0.358. The first kappa shape index (κ1) is 14.0. The van der Waals surface area contributed by atoms with Gasteiger partial charge in [0.15, 0.2) is 0 Å². The lowest BCUT2D eigenvalue weighted by atomic mass is 10.1. The maximum absolute atomic E-state index is 12.2. The zero-order valence-corrected chi connectivity index (χ0v) is 11.9. The Morgan fingerprint density at radius 1 is 1.18 bits per heavy atom. The molecule has 1 amide bonds. The summed E-state index contributed by atoms with van der Waals surface area (Å²) in [5, 5.41) is 4.51. The molecule has 2 aromatic heterocycles. The molecule has 110 valence electrons. The molecule has 0 saturated heterocycles. The maximum Gasteiger partial charge on any atom is 0.278 e. The molecule has 0 spiro atoms. The van der Waals surface area contributed by atoms with E-state index in [0.717, 1.165) is 11.3 Å². The van der Waals surface area contributed by atoms with Crippen LogP contribution in [0.15, 0.2) is 61.1 Å². The number of nitrogens with zero attached hydrogens (tertiary/aromatic N) is 3. The van der Waals surface area contributed by atoms with Crippen LogP contribution in [0.25, 0.3) is 16.9 Å². The SMILES string of the molecule is CONC(=O)c1cn(-c2ccccc2)nc1-c1cccnc1. The Morgan fingerprint density at radius 2 is 2.00 bits per heavy atom. The van der Waals surface area contributed by atoms with Gasteiger partial charge in [-0.05, 0) is 24.3 Å². The van der Waals surface area contributed by atoms with E-state index in [0.29, 0.717) is 11.3 Å². The molecule has 1 N–H and O–H groups in total. The summed E-state index contributed by atoms with van der Waals surface area (Å²) >= 11 is 0. The minimum absolute atomic E-state index is 0.358. The van der Waals surface area contributed by atoms with Crippen LogP contribution >= 0.6 is 0 Å². The number of hydrogen-bond donors (Lipinski definition) is 1. The van der Waals surface area contributed by atoms with Gasteiger partial charge in [-0.1, -0.05) is 18.2 Å². The van der Waals surface area contributed by atoms with Gasteiger partial charge in [0.25, 0.3) is 5.91 Å². The van der Waals surface area contributed by atoms with Crippen LogP contribution in [0.3, 0.4) is 0 Å². The van der Waals surface area contributed by atoms with E-state index in [9.17, 15) is 4.79 Å². The third kappa shape index (κ3) is 2.72. The molecule has 0 atom stereocenters. The number of carbonyl (C=O) groups is 1. The van der Waals surface area contributed by atoms with Crippen LogP contribution in [0.5, 0.6) is 0 Å².